The van der Waals surface area contributed by atoms with E-state index in [2.05, 4.69) is 16.6 Å². The zero-order valence-electron chi connectivity index (χ0n) is 8.90. The Morgan fingerprint density at radius 1 is 1.31 bits per heavy atom. The molecule has 0 fully saturated rings. The van der Waals surface area contributed by atoms with E-state index in [1.807, 2.05) is 0 Å². The molecule has 0 spiro atoms. The Hall–Kier alpha value is -1.35. The van der Waals surface area contributed by atoms with Crippen molar-refractivity contribution >= 4 is 10.0 Å². The molecule has 4 nitrogen and oxygen atoms in total. The lowest BCUT2D eigenvalue weighted by molar-refractivity contribution is 0.350. The summed E-state index contributed by atoms with van der Waals surface area (Å²) in [5.74, 6) is 5.18. The largest absolute Gasteiger partial charge is 0.384 e. The van der Waals surface area contributed by atoms with Crippen LogP contribution >= 0.6 is 0 Å². The summed E-state index contributed by atoms with van der Waals surface area (Å²) in [7, 11) is -3.40. The van der Waals surface area contributed by atoms with Gasteiger partial charge < -0.3 is 5.11 Å². The minimum Gasteiger partial charge on any atom is -0.384 e. The van der Waals surface area contributed by atoms with Gasteiger partial charge in [0.25, 0.3) is 0 Å². The predicted molar refractivity (Wildman–Crippen MR) is 61.3 cm³/mol. The summed E-state index contributed by atoms with van der Waals surface area (Å²) in [5, 5.41) is 8.50. The first-order valence-electron chi connectivity index (χ1n) is 4.79. The zero-order valence-corrected chi connectivity index (χ0v) is 9.71. The maximum absolute atomic E-state index is 11.6. The van der Waals surface area contributed by atoms with E-state index in [-0.39, 0.29) is 11.5 Å². The van der Waals surface area contributed by atoms with Gasteiger partial charge in [-0.15, -0.1) is 0 Å². The summed E-state index contributed by atoms with van der Waals surface area (Å²) >= 11 is 0. The van der Waals surface area contributed by atoms with Crippen molar-refractivity contribution in [3.63, 3.8) is 0 Å². The molecule has 0 saturated heterocycles. The van der Waals surface area contributed by atoms with Crippen LogP contribution in [0.5, 0.6) is 0 Å². The quantitative estimate of drug-likeness (QED) is 0.747. The fourth-order valence-electron chi connectivity index (χ4n) is 1.13. The van der Waals surface area contributed by atoms with Crippen molar-refractivity contribution in [2.75, 3.05) is 13.2 Å². The highest BCUT2D eigenvalue weighted by molar-refractivity contribution is 7.89. The highest BCUT2D eigenvalue weighted by Gasteiger charge is 2.11. The molecule has 1 rings (SSSR count). The maximum atomic E-state index is 11.6. The number of sulfonamides is 1. The molecule has 0 unspecified atom stereocenters. The van der Waals surface area contributed by atoms with Gasteiger partial charge in [0, 0.05) is 12.1 Å². The van der Waals surface area contributed by atoms with Crippen molar-refractivity contribution in [1.82, 2.24) is 4.72 Å². The fourth-order valence-corrected chi connectivity index (χ4v) is 2.17. The number of nitrogens with one attached hydrogen (secondary N) is 1. The SMILES string of the molecule is CCNS(=O)(=O)c1ccc(C#CCO)cc1. The van der Waals surface area contributed by atoms with Crippen LogP contribution in [0.1, 0.15) is 12.5 Å². The first-order valence-corrected chi connectivity index (χ1v) is 6.28. The number of rotatable bonds is 3. The van der Waals surface area contributed by atoms with Gasteiger partial charge in [-0.1, -0.05) is 18.8 Å². The third-order valence-corrected chi connectivity index (χ3v) is 3.37. The predicted octanol–water partition coefficient (Wildman–Crippen LogP) is 0.329. The van der Waals surface area contributed by atoms with Gasteiger partial charge >= 0.3 is 0 Å². The molecule has 2 N–H and O–H groups in total. The Balaban J connectivity index is 2.95. The molecule has 0 aliphatic carbocycles. The summed E-state index contributed by atoms with van der Waals surface area (Å²) in [6, 6.07) is 6.18. The zero-order chi connectivity index (χ0) is 12.0. The average Bonchev–Trinajstić information content (AvgIpc) is 2.27. The molecule has 0 radical (unpaired) electrons. The van der Waals surface area contributed by atoms with Gasteiger partial charge in [-0.2, -0.15) is 0 Å². The minimum atomic E-state index is -3.40. The lowest BCUT2D eigenvalue weighted by Gasteiger charge is -2.03. The summed E-state index contributed by atoms with van der Waals surface area (Å²) < 4.78 is 25.5. The van der Waals surface area contributed by atoms with Crippen LogP contribution in [0.2, 0.25) is 0 Å². The highest BCUT2D eigenvalue weighted by Crippen LogP contribution is 2.09. The summed E-state index contributed by atoms with van der Waals surface area (Å²) in [4.78, 5) is 0.212. The van der Waals surface area contributed by atoms with E-state index >= 15 is 0 Å². The second-order valence-corrected chi connectivity index (χ2v) is 4.75. The number of aliphatic hydroxyl groups excluding tert-OH is 1. The van der Waals surface area contributed by atoms with Crippen LogP contribution in [0.25, 0.3) is 0 Å². The van der Waals surface area contributed by atoms with Crippen LogP contribution in [0.4, 0.5) is 0 Å². The van der Waals surface area contributed by atoms with E-state index in [0.717, 1.165) is 0 Å². The van der Waals surface area contributed by atoms with Crippen LogP contribution in [-0.4, -0.2) is 26.7 Å². The molecule has 0 saturated carbocycles. The molecule has 0 amide bonds. The fraction of sp³-hybridized carbons (Fsp3) is 0.273. The first kappa shape index (κ1) is 12.7. The normalized spacial score (nSPS) is 10.6. The average molecular weight is 239 g/mol. The number of hydrogen-bond donors (Lipinski definition) is 2. The van der Waals surface area contributed by atoms with Crippen molar-refractivity contribution in [2.45, 2.75) is 11.8 Å². The Morgan fingerprint density at radius 3 is 2.44 bits per heavy atom. The number of aliphatic hydroxyl groups is 1. The van der Waals surface area contributed by atoms with E-state index < -0.39 is 10.0 Å². The summed E-state index contributed by atoms with van der Waals surface area (Å²) in [5.41, 5.74) is 0.671. The van der Waals surface area contributed by atoms with Gasteiger partial charge in [-0.05, 0) is 24.3 Å². The Labute approximate surface area is 95.4 Å². The highest BCUT2D eigenvalue weighted by atomic mass is 32.2. The second kappa shape index (κ2) is 5.66. The van der Waals surface area contributed by atoms with Crippen LogP contribution < -0.4 is 4.72 Å². The summed E-state index contributed by atoms with van der Waals surface area (Å²) in [6.45, 7) is 1.87. The van der Waals surface area contributed by atoms with Crippen molar-refractivity contribution < 1.29 is 13.5 Å². The van der Waals surface area contributed by atoms with Crippen LogP contribution in [0.3, 0.4) is 0 Å². The molecule has 1 aromatic carbocycles. The lowest BCUT2D eigenvalue weighted by atomic mass is 10.2. The molecule has 1 aromatic rings. The Morgan fingerprint density at radius 2 is 1.94 bits per heavy atom. The second-order valence-electron chi connectivity index (χ2n) is 2.99. The molecular weight excluding hydrogens is 226 g/mol. The van der Waals surface area contributed by atoms with E-state index in [0.29, 0.717) is 12.1 Å². The minimum absolute atomic E-state index is 0.211. The van der Waals surface area contributed by atoms with Gasteiger partial charge in [-0.25, -0.2) is 13.1 Å². The van der Waals surface area contributed by atoms with Crippen molar-refractivity contribution in [2.24, 2.45) is 0 Å². The topological polar surface area (TPSA) is 66.4 Å². The van der Waals surface area contributed by atoms with E-state index in [4.69, 9.17) is 5.11 Å². The molecular formula is C11H13NO3S. The standard InChI is InChI=1S/C11H13NO3S/c1-2-12-16(14,15)11-7-5-10(6-8-11)4-3-9-13/h5-8,12-13H,2,9H2,1H3. The van der Waals surface area contributed by atoms with Crippen molar-refractivity contribution in [3.05, 3.63) is 29.8 Å². The molecule has 0 aromatic heterocycles. The molecule has 5 heteroatoms. The lowest BCUT2D eigenvalue weighted by Crippen LogP contribution is -2.22. The molecule has 0 heterocycles. The van der Waals surface area contributed by atoms with Crippen LogP contribution in [0.15, 0.2) is 29.2 Å². The molecule has 0 atom stereocenters. The van der Waals surface area contributed by atoms with Crippen molar-refractivity contribution in [1.29, 1.82) is 0 Å². The first-order chi connectivity index (χ1) is 7.60. The molecule has 0 bridgehead atoms. The monoisotopic (exact) mass is 239 g/mol. The van der Waals surface area contributed by atoms with Gasteiger partial charge in [0.2, 0.25) is 10.0 Å². The maximum Gasteiger partial charge on any atom is 0.240 e. The van der Waals surface area contributed by atoms with Crippen LogP contribution in [0, 0.1) is 11.8 Å². The molecule has 86 valence electrons. The summed E-state index contributed by atoms with van der Waals surface area (Å²) in [6.07, 6.45) is 0. The van der Waals surface area contributed by atoms with Gasteiger partial charge in [-0.3, -0.25) is 0 Å². The Bertz CT molecular complexity index is 494. The number of benzene rings is 1. The number of hydrogen-bond acceptors (Lipinski definition) is 3. The van der Waals surface area contributed by atoms with Crippen LogP contribution in [-0.2, 0) is 10.0 Å². The van der Waals surface area contributed by atoms with Gasteiger partial charge in [0.05, 0.1) is 4.90 Å². The third-order valence-electron chi connectivity index (χ3n) is 1.81. The Kier molecular flexibility index (Phi) is 4.50. The van der Waals surface area contributed by atoms with Crippen molar-refractivity contribution in [3.8, 4) is 11.8 Å². The van der Waals surface area contributed by atoms with E-state index in [1.54, 1.807) is 19.1 Å². The van der Waals surface area contributed by atoms with E-state index in [9.17, 15) is 8.42 Å². The van der Waals surface area contributed by atoms with Gasteiger partial charge in [0.1, 0.15) is 6.61 Å². The smallest absolute Gasteiger partial charge is 0.240 e. The van der Waals surface area contributed by atoms with Gasteiger partial charge in [0.15, 0.2) is 0 Å². The molecule has 0 aliphatic rings. The molecule has 0 aliphatic heterocycles. The molecule has 16 heavy (non-hydrogen) atoms. The third kappa shape index (κ3) is 3.35. The van der Waals surface area contributed by atoms with E-state index in [1.165, 1.54) is 12.1 Å².